The average molecular weight is 450 g/mol. The van der Waals surface area contributed by atoms with Crippen molar-refractivity contribution >= 4 is 46.2 Å². The lowest BCUT2D eigenvalue weighted by Crippen LogP contribution is -1.91. The number of nitrogens with one attached hydrogen (secondary N) is 2. The minimum Gasteiger partial charge on any atom is -0.399 e. The Bertz CT molecular complexity index is 1420. The van der Waals surface area contributed by atoms with Crippen LogP contribution in [0.2, 0.25) is 0 Å². The van der Waals surface area contributed by atoms with E-state index in [0.717, 1.165) is 44.1 Å². The van der Waals surface area contributed by atoms with Gasteiger partial charge < -0.3 is 11.1 Å². The molecule has 0 fully saturated rings. The zero-order valence-corrected chi connectivity index (χ0v) is 18.9. The lowest BCUT2D eigenvalue weighted by atomic mass is 10.0. The fraction of sp³-hybridized carbons (Fsp3) is 0.0370. The zero-order chi connectivity index (χ0) is 22.6. The summed E-state index contributed by atoms with van der Waals surface area (Å²) in [6.45, 7) is 0. The number of nitrogens with two attached hydrogens (primary N) is 1. The van der Waals surface area contributed by atoms with E-state index in [1.807, 2.05) is 49.5 Å². The van der Waals surface area contributed by atoms with Crippen LogP contribution in [0.3, 0.4) is 0 Å². The van der Waals surface area contributed by atoms with Crippen LogP contribution in [0.1, 0.15) is 11.4 Å². The summed E-state index contributed by atoms with van der Waals surface area (Å²) in [7, 11) is 1.93. The fourth-order valence-electron chi connectivity index (χ4n) is 3.64. The summed E-state index contributed by atoms with van der Waals surface area (Å²) in [5, 5.41) is 12.0. The summed E-state index contributed by atoms with van der Waals surface area (Å²) in [6.07, 6.45) is 5.75. The van der Waals surface area contributed by atoms with Crippen molar-refractivity contribution in [3.8, 4) is 11.1 Å². The van der Waals surface area contributed by atoms with E-state index in [1.165, 1.54) is 10.5 Å². The van der Waals surface area contributed by atoms with Crippen molar-refractivity contribution < 1.29 is 0 Å². The van der Waals surface area contributed by atoms with Gasteiger partial charge in [0, 0.05) is 39.8 Å². The molecule has 5 rings (SSSR count). The second kappa shape index (κ2) is 9.22. The van der Waals surface area contributed by atoms with Gasteiger partial charge in [-0.3, -0.25) is 10.1 Å². The number of aromatic nitrogens is 3. The van der Waals surface area contributed by atoms with Gasteiger partial charge in [-0.15, -0.1) is 0 Å². The molecular formula is C27H23N5S. The topological polar surface area (TPSA) is 79.6 Å². The quantitative estimate of drug-likeness (QED) is 0.256. The summed E-state index contributed by atoms with van der Waals surface area (Å²) in [4.78, 5) is 6.63. The number of H-pyrrole nitrogens is 1. The molecule has 3 aromatic carbocycles. The van der Waals surface area contributed by atoms with Crippen LogP contribution in [0.15, 0.2) is 94.9 Å². The maximum Gasteiger partial charge on any atom is 0.0928 e. The summed E-state index contributed by atoms with van der Waals surface area (Å²) in [5.41, 5.74) is 12.8. The lowest BCUT2D eigenvalue weighted by molar-refractivity contribution is 1.10. The molecule has 0 aliphatic rings. The highest BCUT2D eigenvalue weighted by molar-refractivity contribution is 7.99. The predicted molar refractivity (Wildman–Crippen MR) is 139 cm³/mol. The van der Waals surface area contributed by atoms with E-state index in [4.69, 9.17) is 5.73 Å². The Kier molecular flexibility index (Phi) is 5.83. The number of pyridine rings is 1. The van der Waals surface area contributed by atoms with Crippen molar-refractivity contribution in [1.82, 2.24) is 15.2 Å². The number of anilines is 2. The van der Waals surface area contributed by atoms with Crippen LogP contribution in [0.5, 0.6) is 0 Å². The normalized spacial score (nSPS) is 11.3. The van der Waals surface area contributed by atoms with E-state index >= 15 is 0 Å². The van der Waals surface area contributed by atoms with Crippen LogP contribution in [0.4, 0.5) is 11.4 Å². The van der Waals surface area contributed by atoms with Crippen molar-refractivity contribution in [3.63, 3.8) is 0 Å². The van der Waals surface area contributed by atoms with Crippen molar-refractivity contribution in [2.45, 2.75) is 9.79 Å². The number of nitrogen functional groups attached to an aromatic ring is 1. The van der Waals surface area contributed by atoms with Crippen LogP contribution in [-0.2, 0) is 0 Å². The Morgan fingerprint density at radius 3 is 2.61 bits per heavy atom. The molecular weight excluding hydrogens is 426 g/mol. The number of hydrogen-bond acceptors (Lipinski definition) is 5. The zero-order valence-electron chi connectivity index (χ0n) is 18.1. The molecule has 0 bridgehead atoms. The molecule has 0 aliphatic heterocycles. The maximum absolute atomic E-state index is 5.89. The van der Waals surface area contributed by atoms with E-state index in [1.54, 1.807) is 18.0 Å². The largest absolute Gasteiger partial charge is 0.399 e. The summed E-state index contributed by atoms with van der Waals surface area (Å²) >= 11 is 1.73. The molecule has 5 aromatic rings. The second-order valence-electron chi connectivity index (χ2n) is 7.59. The highest BCUT2D eigenvalue weighted by atomic mass is 32.2. The first-order valence-corrected chi connectivity index (χ1v) is 11.4. The van der Waals surface area contributed by atoms with Crippen LogP contribution in [-0.4, -0.2) is 22.2 Å². The van der Waals surface area contributed by atoms with Crippen molar-refractivity contribution in [2.75, 3.05) is 18.1 Å². The SMILES string of the molecule is CNc1ccc(-c2ccc(N)cc2)c(Sc2ccc3c(/C=C/c4ccccn4)n[nH]c3c2)c1. The van der Waals surface area contributed by atoms with Gasteiger partial charge in [0.1, 0.15) is 0 Å². The van der Waals surface area contributed by atoms with Crippen molar-refractivity contribution in [1.29, 1.82) is 0 Å². The van der Waals surface area contributed by atoms with Gasteiger partial charge in [0.2, 0.25) is 0 Å². The first kappa shape index (κ1) is 20.8. The van der Waals surface area contributed by atoms with E-state index < -0.39 is 0 Å². The molecule has 0 spiro atoms. The van der Waals surface area contributed by atoms with E-state index in [-0.39, 0.29) is 0 Å². The molecule has 0 saturated carbocycles. The minimum absolute atomic E-state index is 0.761. The molecule has 33 heavy (non-hydrogen) atoms. The number of aromatic amines is 1. The third-order valence-electron chi connectivity index (χ3n) is 5.38. The number of hydrogen-bond donors (Lipinski definition) is 3. The van der Waals surface area contributed by atoms with Gasteiger partial charge in [0.05, 0.1) is 16.9 Å². The van der Waals surface area contributed by atoms with Crippen LogP contribution in [0, 0.1) is 0 Å². The van der Waals surface area contributed by atoms with E-state index in [0.29, 0.717) is 0 Å². The van der Waals surface area contributed by atoms with Gasteiger partial charge in [-0.25, -0.2) is 0 Å². The fourth-order valence-corrected chi connectivity index (χ4v) is 4.69. The smallest absolute Gasteiger partial charge is 0.0928 e. The minimum atomic E-state index is 0.761. The molecule has 0 unspecified atom stereocenters. The van der Waals surface area contributed by atoms with Gasteiger partial charge in [-0.1, -0.05) is 36.0 Å². The Balaban J connectivity index is 1.46. The molecule has 0 amide bonds. The lowest BCUT2D eigenvalue weighted by Gasteiger charge is -2.12. The molecule has 4 N–H and O–H groups in total. The monoisotopic (exact) mass is 449 g/mol. The molecule has 0 aliphatic carbocycles. The first-order valence-electron chi connectivity index (χ1n) is 10.6. The van der Waals surface area contributed by atoms with Gasteiger partial charge in [0.25, 0.3) is 0 Å². The van der Waals surface area contributed by atoms with Gasteiger partial charge >= 0.3 is 0 Å². The Morgan fingerprint density at radius 1 is 0.939 bits per heavy atom. The van der Waals surface area contributed by atoms with Crippen LogP contribution >= 0.6 is 11.8 Å². The van der Waals surface area contributed by atoms with Gasteiger partial charge in [-0.2, -0.15) is 5.10 Å². The van der Waals surface area contributed by atoms with Crippen molar-refractivity contribution in [3.05, 3.63) is 96.4 Å². The highest BCUT2D eigenvalue weighted by Gasteiger charge is 2.10. The number of rotatable bonds is 6. The van der Waals surface area contributed by atoms with Gasteiger partial charge in [-0.05, 0) is 77.9 Å². The Labute approximate surface area is 196 Å². The number of benzene rings is 3. The molecule has 162 valence electrons. The molecule has 2 heterocycles. The van der Waals surface area contributed by atoms with Crippen LogP contribution < -0.4 is 11.1 Å². The molecule has 0 atom stereocenters. The third kappa shape index (κ3) is 4.61. The predicted octanol–water partition coefficient (Wildman–Crippen LogP) is 6.57. The summed E-state index contributed by atoms with van der Waals surface area (Å²) in [6, 6.07) is 26.7. The standard InChI is InChI=1S/C27H23N5S/c1-29-21-9-12-23(18-5-7-19(28)8-6-18)27(16-21)33-22-11-13-24-25(31-32-26(24)17-22)14-10-20-4-2-3-15-30-20/h2-17,29H,28H2,1H3,(H,31,32)/b14-10+. The molecule has 2 aromatic heterocycles. The third-order valence-corrected chi connectivity index (χ3v) is 6.43. The van der Waals surface area contributed by atoms with Gasteiger partial charge in [0.15, 0.2) is 0 Å². The van der Waals surface area contributed by atoms with Crippen molar-refractivity contribution in [2.24, 2.45) is 0 Å². The number of nitrogens with zero attached hydrogens (tertiary/aromatic N) is 2. The Morgan fingerprint density at radius 2 is 1.82 bits per heavy atom. The Hall–Kier alpha value is -4.03. The van der Waals surface area contributed by atoms with Crippen LogP contribution in [0.25, 0.3) is 34.2 Å². The first-order chi connectivity index (χ1) is 16.2. The molecule has 0 radical (unpaired) electrons. The second-order valence-corrected chi connectivity index (χ2v) is 8.70. The highest BCUT2D eigenvalue weighted by Crippen LogP contribution is 2.39. The molecule has 0 saturated heterocycles. The maximum atomic E-state index is 5.89. The molecule has 5 nitrogen and oxygen atoms in total. The van der Waals surface area contributed by atoms with E-state index in [9.17, 15) is 0 Å². The number of fused-ring (bicyclic) bond motifs is 1. The summed E-state index contributed by atoms with van der Waals surface area (Å²) < 4.78 is 0. The summed E-state index contributed by atoms with van der Waals surface area (Å²) in [5.74, 6) is 0. The van der Waals surface area contributed by atoms with E-state index in [2.05, 4.69) is 69.0 Å². The molecule has 6 heteroatoms. The average Bonchev–Trinajstić information content (AvgIpc) is 3.26.